The molecule has 0 aromatic heterocycles. The van der Waals surface area contributed by atoms with Gasteiger partial charge in [-0.25, -0.2) is 5.26 Å². The van der Waals surface area contributed by atoms with Crippen LogP contribution in [-0.2, 0) is 0 Å². The summed E-state index contributed by atoms with van der Waals surface area (Å²) in [6, 6.07) is 2.14. The highest BCUT2D eigenvalue weighted by molar-refractivity contribution is 7.31. The first kappa shape index (κ1) is 8.25. The Labute approximate surface area is 70.9 Å². The van der Waals surface area contributed by atoms with Crippen LogP contribution in [-0.4, -0.2) is 5.26 Å². The fraction of sp³-hybridized carbons (Fsp3) is 0. The molecule has 0 aromatic rings. The predicted octanol–water partition coefficient (Wildman–Crippen LogP) is 0.206. The van der Waals surface area contributed by atoms with Crippen LogP contribution >= 0.6 is 8.24 Å². The molecule has 2 rings (SSSR count). The molecule has 1 heterocycles. The second-order valence-electron chi connectivity index (χ2n) is 2.21. The normalized spacial score (nSPS) is 10.8. The van der Waals surface area contributed by atoms with Gasteiger partial charge in [0.15, 0.2) is 0 Å². The smallest absolute Gasteiger partial charge is 0.390 e. The summed E-state index contributed by atoms with van der Waals surface area (Å²) >= 11 is 0. The summed E-state index contributed by atoms with van der Waals surface area (Å²) in [4.78, 5) is 22.1. The van der Waals surface area contributed by atoms with Gasteiger partial charge >= 0.3 is 8.24 Å². The van der Waals surface area contributed by atoms with Gasteiger partial charge in [0, 0.05) is 0 Å². The fourth-order valence-electron chi connectivity index (χ4n) is 0.900. The zero-order valence-electron chi connectivity index (χ0n) is 6.09. The molecule has 1 N–H and O–H groups in total. The third-order valence-corrected chi connectivity index (χ3v) is 2.23. The van der Waals surface area contributed by atoms with Gasteiger partial charge in [-0.3, -0.25) is 9.59 Å². The van der Waals surface area contributed by atoms with E-state index in [1.165, 1.54) is 0 Å². The van der Waals surface area contributed by atoms with Crippen LogP contribution in [0.15, 0.2) is 30.1 Å². The first-order valence-corrected chi connectivity index (χ1v) is 4.30. The lowest BCUT2D eigenvalue weighted by Crippen LogP contribution is -2.08. The molecular formula is C6H3O6P. The molecular weight excluding hydrogens is 199 g/mol. The van der Waals surface area contributed by atoms with E-state index >= 15 is 0 Å². The van der Waals surface area contributed by atoms with Crippen LogP contribution < -0.4 is 15.5 Å². The van der Waals surface area contributed by atoms with E-state index < -0.39 is 19.1 Å². The van der Waals surface area contributed by atoms with E-state index in [0.29, 0.717) is 0 Å². The molecule has 1 aliphatic heterocycles. The Bertz CT molecular complexity index is 539. The van der Waals surface area contributed by atoms with Gasteiger partial charge in [0.1, 0.15) is 0 Å². The zero-order valence-corrected chi connectivity index (χ0v) is 6.98. The van der Waals surface area contributed by atoms with Crippen LogP contribution in [0.4, 0.5) is 0 Å². The molecule has 2 aliphatic rings. The van der Waals surface area contributed by atoms with Gasteiger partial charge < -0.3 is 8.39 Å². The standard InChI is InChI=1S/C6H3O6P/c7-3-1-2-4(8)6-5(3)10-13(11-6)12-9/h1-2,9H. The SMILES string of the molecule is O=c1ccc(=O)c2op(OO)oc1=2. The molecule has 0 atom stereocenters. The molecule has 0 radical (unpaired) electrons. The monoisotopic (exact) mass is 202 g/mol. The molecule has 7 heteroatoms. The molecule has 0 fully saturated rings. The minimum atomic E-state index is -2.05. The largest absolute Gasteiger partial charge is 0.417 e. The van der Waals surface area contributed by atoms with Crippen molar-refractivity contribution in [1.82, 2.24) is 0 Å². The molecule has 0 amide bonds. The Balaban J connectivity index is 3.05. The van der Waals surface area contributed by atoms with Gasteiger partial charge in [-0.1, -0.05) is 0 Å². The predicted molar refractivity (Wildman–Crippen MR) is 40.7 cm³/mol. The van der Waals surface area contributed by atoms with Gasteiger partial charge in [0.25, 0.3) is 0 Å². The van der Waals surface area contributed by atoms with E-state index in [1.54, 1.807) is 0 Å². The minimum absolute atomic E-state index is 0.201. The van der Waals surface area contributed by atoms with Crippen LogP contribution in [0.2, 0.25) is 0 Å². The van der Waals surface area contributed by atoms with E-state index in [0.717, 1.165) is 12.1 Å². The van der Waals surface area contributed by atoms with Crippen LogP contribution in [0.25, 0.3) is 0 Å². The maximum absolute atomic E-state index is 11.1. The van der Waals surface area contributed by atoms with Crippen molar-refractivity contribution >= 4 is 8.24 Å². The number of hydrogen-bond donors (Lipinski definition) is 1. The van der Waals surface area contributed by atoms with Crippen LogP contribution in [0.1, 0.15) is 0 Å². The molecule has 68 valence electrons. The molecule has 0 unspecified atom stereocenters. The zero-order chi connectivity index (χ0) is 9.42. The summed E-state index contributed by atoms with van der Waals surface area (Å²) < 4.78 is 13.2. The lowest BCUT2D eigenvalue weighted by Gasteiger charge is -1.78. The highest BCUT2D eigenvalue weighted by Gasteiger charge is 2.08. The van der Waals surface area contributed by atoms with Crippen molar-refractivity contribution in [2.24, 2.45) is 0 Å². The Kier molecular flexibility index (Phi) is 1.81. The van der Waals surface area contributed by atoms with E-state index in [4.69, 9.17) is 13.7 Å². The number of rotatable bonds is 1. The molecule has 0 spiro atoms. The second kappa shape index (κ2) is 2.85. The lowest BCUT2D eigenvalue weighted by molar-refractivity contribution is -0.0893. The molecule has 0 aromatic carbocycles. The molecule has 0 saturated carbocycles. The average Bonchev–Trinajstić information content (AvgIpc) is 2.56. The lowest BCUT2D eigenvalue weighted by atomic mass is 10.3. The second-order valence-corrected chi connectivity index (χ2v) is 3.18. The van der Waals surface area contributed by atoms with E-state index in [-0.39, 0.29) is 10.8 Å². The van der Waals surface area contributed by atoms with Crippen molar-refractivity contribution in [3.8, 4) is 0 Å². The Morgan fingerprint density at radius 2 is 1.62 bits per heavy atom. The van der Waals surface area contributed by atoms with Gasteiger partial charge in [0.2, 0.25) is 21.7 Å². The highest BCUT2D eigenvalue weighted by Crippen LogP contribution is 2.22. The Morgan fingerprint density at radius 1 is 1.15 bits per heavy atom. The van der Waals surface area contributed by atoms with E-state index in [2.05, 4.69) is 4.67 Å². The Hall–Kier alpha value is -1.36. The molecule has 1 aliphatic carbocycles. The van der Waals surface area contributed by atoms with E-state index in [1.807, 2.05) is 0 Å². The first-order valence-electron chi connectivity index (χ1n) is 3.21. The summed E-state index contributed by atoms with van der Waals surface area (Å²) in [6.45, 7) is 0. The van der Waals surface area contributed by atoms with Crippen LogP contribution in [0.3, 0.4) is 0 Å². The van der Waals surface area contributed by atoms with Gasteiger partial charge in [-0.05, 0) is 12.1 Å². The van der Waals surface area contributed by atoms with Crippen molar-refractivity contribution < 1.29 is 18.3 Å². The average molecular weight is 202 g/mol. The molecule has 13 heavy (non-hydrogen) atoms. The third-order valence-electron chi connectivity index (χ3n) is 1.44. The quantitative estimate of drug-likeness (QED) is 0.524. The van der Waals surface area contributed by atoms with Crippen molar-refractivity contribution in [1.29, 1.82) is 0 Å². The van der Waals surface area contributed by atoms with Crippen molar-refractivity contribution in [2.75, 3.05) is 0 Å². The van der Waals surface area contributed by atoms with E-state index in [9.17, 15) is 9.59 Å². The van der Waals surface area contributed by atoms with Crippen molar-refractivity contribution in [3.05, 3.63) is 43.4 Å². The van der Waals surface area contributed by atoms with Crippen LogP contribution in [0, 0.1) is 10.8 Å². The maximum atomic E-state index is 11.1. The minimum Gasteiger partial charge on any atom is -0.390 e. The summed E-state index contributed by atoms with van der Waals surface area (Å²) in [6.07, 6.45) is 0. The van der Waals surface area contributed by atoms with Gasteiger partial charge in [0.05, 0.1) is 0 Å². The van der Waals surface area contributed by atoms with Crippen molar-refractivity contribution in [3.63, 3.8) is 0 Å². The molecule has 6 nitrogen and oxygen atoms in total. The molecule has 0 bridgehead atoms. The summed E-state index contributed by atoms with van der Waals surface area (Å²) in [5, 5.41) is 8.19. The summed E-state index contributed by atoms with van der Waals surface area (Å²) in [7, 11) is -2.05. The summed E-state index contributed by atoms with van der Waals surface area (Å²) in [5.74, 6) is 0. The van der Waals surface area contributed by atoms with Gasteiger partial charge in [-0.2, -0.15) is 0 Å². The maximum Gasteiger partial charge on any atom is 0.417 e. The fourth-order valence-corrected chi connectivity index (χ4v) is 1.65. The van der Waals surface area contributed by atoms with Crippen LogP contribution in [0.5, 0.6) is 0 Å². The summed E-state index contributed by atoms with van der Waals surface area (Å²) in [5.41, 5.74) is -1.35. The van der Waals surface area contributed by atoms with Gasteiger partial charge in [-0.15, -0.1) is 4.67 Å². The first-order chi connectivity index (χ1) is 6.22. The number of hydrogen-bond acceptors (Lipinski definition) is 6. The Morgan fingerprint density at radius 3 is 2.00 bits per heavy atom. The topological polar surface area (TPSA) is 89.9 Å². The molecule has 0 saturated heterocycles. The van der Waals surface area contributed by atoms with Crippen molar-refractivity contribution in [2.45, 2.75) is 0 Å². The third kappa shape index (κ3) is 1.21. The highest BCUT2D eigenvalue weighted by atomic mass is 31.1.